The van der Waals surface area contributed by atoms with Crippen LogP contribution in [0.15, 0.2) is 0 Å². The van der Waals surface area contributed by atoms with Crippen LogP contribution in [0.5, 0.6) is 0 Å². The Bertz CT molecular complexity index is 242. The maximum absolute atomic E-state index is 11.6. The fraction of sp³-hybridized carbons (Fsp3) is 0.923. The highest BCUT2D eigenvalue weighted by atomic mass is 16.1. The first-order valence-corrected chi connectivity index (χ1v) is 6.74. The van der Waals surface area contributed by atoms with E-state index in [4.69, 9.17) is 5.73 Å². The topological polar surface area (TPSA) is 55.1 Å². The number of hydrogen-bond donors (Lipinski definition) is 2. The fourth-order valence-corrected chi connectivity index (χ4v) is 2.90. The van der Waals surface area contributed by atoms with Gasteiger partial charge in [0.25, 0.3) is 0 Å². The van der Waals surface area contributed by atoms with Crippen molar-refractivity contribution in [2.75, 3.05) is 6.54 Å². The first kappa shape index (κ1) is 11.9. The average Bonchev–Trinajstić information content (AvgIpc) is 2.68. The van der Waals surface area contributed by atoms with Crippen LogP contribution in [0.3, 0.4) is 0 Å². The number of carbonyl (C=O) groups is 1. The quantitative estimate of drug-likeness (QED) is 0.750. The Morgan fingerprint density at radius 1 is 1.25 bits per heavy atom. The van der Waals surface area contributed by atoms with Crippen LogP contribution in [-0.2, 0) is 4.79 Å². The van der Waals surface area contributed by atoms with Crippen molar-refractivity contribution >= 4 is 5.91 Å². The van der Waals surface area contributed by atoms with Crippen molar-refractivity contribution in [2.45, 2.75) is 63.3 Å². The third-order valence-electron chi connectivity index (χ3n) is 4.21. The molecule has 3 N–H and O–H groups in total. The van der Waals surface area contributed by atoms with Crippen molar-refractivity contribution in [3.8, 4) is 0 Å². The summed E-state index contributed by atoms with van der Waals surface area (Å²) in [5.41, 5.74) is 5.87. The van der Waals surface area contributed by atoms with Gasteiger partial charge in [0.05, 0.1) is 0 Å². The van der Waals surface area contributed by atoms with E-state index in [1.165, 1.54) is 32.1 Å². The van der Waals surface area contributed by atoms with Crippen molar-refractivity contribution in [1.82, 2.24) is 5.32 Å². The van der Waals surface area contributed by atoms with E-state index in [0.29, 0.717) is 6.42 Å². The van der Waals surface area contributed by atoms with Gasteiger partial charge in [0.2, 0.25) is 5.91 Å². The van der Waals surface area contributed by atoms with Gasteiger partial charge in [0, 0.05) is 18.5 Å². The highest BCUT2D eigenvalue weighted by Crippen LogP contribution is 2.32. The molecule has 3 nitrogen and oxygen atoms in total. The predicted octanol–water partition coefficient (Wildman–Crippen LogP) is 1.95. The van der Waals surface area contributed by atoms with Crippen LogP contribution in [0.1, 0.15) is 57.8 Å². The van der Waals surface area contributed by atoms with Crippen LogP contribution < -0.4 is 11.1 Å². The molecule has 16 heavy (non-hydrogen) atoms. The van der Waals surface area contributed by atoms with Gasteiger partial charge in [0.1, 0.15) is 0 Å². The van der Waals surface area contributed by atoms with Gasteiger partial charge < -0.3 is 11.1 Å². The molecule has 0 aliphatic heterocycles. The maximum atomic E-state index is 11.6. The summed E-state index contributed by atoms with van der Waals surface area (Å²) in [6.07, 6.45) is 10.4. The SMILES string of the molecule is NC1(CC(=O)NCCC2CCCC2)CCC1. The molecule has 0 saturated heterocycles. The molecule has 2 saturated carbocycles. The molecule has 0 aromatic heterocycles. The van der Waals surface area contributed by atoms with Crippen molar-refractivity contribution in [1.29, 1.82) is 0 Å². The van der Waals surface area contributed by atoms with Crippen LogP contribution in [0.25, 0.3) is 0 Å². The molecule has 0 radical (unpaired) electrons. The summed E-state index contributed by atoms with van der Waals surface area (Å²) in [7, 11) is 0. The maximum Gasteiger partial charge on any atom is 0.221 e. The first-order valence-electron chi connectivity index (χ1n) is 6.74. The molecular weight excluding hydrogens is 200 g/mol. The van der Waals surface area contributed by atoms with Gasteiger partial charge in [-0.2, -0.15) is 0 Å². The van der Waals surface area contributed by atoms with Gasteiger partial charge >= 0.3 is 0 Å². The Labute approximate surface area is 98.2 Å². The molecule has 2 aliphatic rings. The van der Waals surface area contributed by atoms with Crippen molar-refractivity contribution in [3.63, 3.8) is 0 Å². The molecule has 0 heterocycles. The molecule has 3 heteroatoms. The fourth-order valence-electron chi connectivity index (χ4n) is 2.90. The van der Waals surface area contributed by atoms with E-state index in [1.54, 1.807) is 0 Å². The normalized spacial score (nSPS) is 24.1. The van der Waals surface area contributed by atoms with Crippen molar-refractivity contribution in [3.05, 3.63) is 0 Å². The molecule has 0 atom stereocenters. The van der Waals surface area contributed by atoms with E-state index in [2.05, 4.69) is 5.32 Å². The zero-order chi connectivity index (χ0) is 11.4. The second-order valence-corrected chi connectivity index (χ2v) is 5.68. The predicted molar refractivity (Wildman–Crippen MR) is 65.0 cm³/mol. The van der Waals surface area contributed by atoms with Gasteiger partial charge in [-0.25, -0.2) is 0 Å². The lowest BCUT2D eigenvalue weighted by molar-refractivity contribution is -0.123. The molecule has 2 aliphatic carbocycles. The zero-order valence-electron chi connectivity index (χ0n) is 10.1. The molecule has 0 spiro atoms. The second-order valence-electron chi connectivity index (χ2n) is 5.68. The Kier molecular flexibility index (Phi) is 3.85. The molecular formula is C13H24N2O. The number of rotatable bonds is 5. The summed E-state index contributed by atoms with van der Waals surface area (Å²) in [6, 6.07) is 0. The first-order chi connectivity index (χ1) is 7.68. The molecule has 0 aromatic rings. The number of amides is 1. The minimum atomic E-state index is -0.169. The molecule has 2 fully saturated rings. The molecule has 0 bridgehead atoms. The van der Waals surface area contributed by atoms with E-state index >= 15 is 0 Å². The highest BCUT2D eigenvalue weighted by molar-refractivity contribution is 5.77. The Morgan fingerprint density at radius 3 is 2.50 bits per heavy atom. The van der Waals surface area contributed by atoms with Crippen LogP contribution in [0, 0.1) is 5.92 Å². The summed E-state index contributed by atoms with van der Waals surface area (Å²) in [4.78, 5) is 11.6. The van der Waals surface area contributed by atoms with E-state index in [-0.39, 0.29) is 11.4 Å². The third kappa shape index (κ3) is 3.21. The average molecular weight is 224 g/mol. The van der Waals surface area contributed by atoms with E-state index < -0.39 is 0 Å². The smallest absolute Gasteiger partial charge is 0.221 e. The minimum absolute atomic E-state index is 0.153. The van der Waals surface area contributed by atoms with Crippen LogP contribution in [0.2, 0.25) is 0 Å². The lowest BCUT2D eigenvalue weighted by Gasteiger charge is -2.37. The number of carbonyl (C=O) groups excluding carboxylic acids is 1. The number of nitrogens with two attached hydrogens (primary N) is 1. The number of hydrogen-bond acceptors (Lipinski definition) is 2. The summed E-state index contributed by atoms with van der Waals surface area (Å²) in [5, 5.41) is 3.01. The highest BCUT2D eigenvalue weighted by Gasteiger charge is 2.34. The van der Waals surface area contributed by atoms with Gasteiger partial charge in [0.15, 0.2) is 0 Å². The summed E-state index contributed by atoms with van der Waals surface area (Å²) >= 11 is 0. The van der Waals surface area contributed by atoms with Gasteiger partial charge in [-0.15, -0.1) is 0 Å². The zero-order valence-corrected chi connectivity index (χ0v) is 10.1. The summed E-state index contributed by atoms with van der Waals surface area (Å²) in [6.45, 7) is 0.847. The van der Waals surface area contributed by atoms with E-state index in [1.807, 2.05) is 0 Å². The number of nitrogens with one attached hydrogen (secondary N) is 1. The second kappa shape index (κ2) is 5.17. The Balaban J connectivity index is 1.56. The monoisotopic (exact) mass is 224 g/mol. The van der Waals surface area contributed by atoms with Crippen LogP contribution in [0.4, 0.5) is 0 Å². The van der Waals surface area contributed by atoms with Gasteiger partial charge in [-0.05, 0) is 31.6 Å². The van der Waals surface area contributed by atoms with E-state index in [9.17, 15) is 4.79 Å². The minimum Gasteiger partial charge on any atom is -0.356 e. The van der Waals surface area contributed by atoms with Crippen LogP contribution in [-0.4, -0.2) is 18.0 Å². The summed E-state index contributed by atoms with van der Waals surface area (Å²) < 4.78 is 0. The molecule has 1 amide bonds. The lowest BCUT2D eigenvalue weighted by Crippen LogP contribution is -2.50. The van der Waals surface area contributed by atoms with Crippen molar-refractivity contribution < 1.29 is 4.79 Å². The Hall–Kier alpha value is -0.570. The van der Waals surface area contributed by atoms with E-state index in [0.717, 1.165) is 31.7 Å². The molecule has 92 valence electrons. The molecule has 0 aromatic carbocycles. The Morgan fingerprint density at radius 2 is 1.94 bits per heavy atom. The van der Waals surface area contributed by atoms with Crippen LogP contribution >= 0.6 is 0 Å². The van der Waals surface area contributed by atoms with Gasteiger partial charge in [-0.1, -0.05) is 25.7 Å². The van der Waals surface area contributed by atoms with Crippen molar-refractivity contribution in [2.24, 2.45) is 11.7 Å². The molecule has 2 rings (SSSR count). The largest absolute Gasteiger partial charge is 0.356 e. The third-order valence-corrected chi connectivity index (χ3v) is 4.21. The lowest BCUT2D eigenvalue weighted by atomic mass is 9.75. The summed E-state index contributed by atoms with van der Waals surface area (Å²) in [5.74, 6) is 1.01. The standard InChI is InChI=1S/C13H24N2O/c14-13(7-3-8-13)10-12(16)15-9-6-11-4-1-2-5-11/h11H,1-10,14H2,(H,15,16). The molecule has 0 unspecified atom stereocenters. The van der Waals surface area contributed by atoms with Gasteiger partial charge in [-0.3, -0.25) is 4.79 Å².